The molecule has 0 rings (SSSR count). The normalized spacial score (nSPS) is 12.0. The summed E-state index contributed by atoms with van der Waals surface area (Å²) in [5, 5.41) is 17.8. The summed E-state index contributed by atoms with van der Waals surface area (Å²) in [7, 11) is 0. The average molecular weight is 216 g/mol. The molecule has 0 aromatic heterocycles. The molecule has 0 aliphatic heterocycles. The van der Waals surface area contributed by atoms with E-state index in [1.807, 2.05) is 0 Å². The zero-order valence-corrected chi connectivity index (χ0v) is 10.3. The average Bonchev–Trinajstić information content (AvgIpc) is 2.33. The first-order chi connectivity index (χ1) is 7.78. The molecule has 0 unspecified atom stereocenters. The third-order valence-corrected chi connectivity index (χ3v) is 2.37. The van der Waals surface area contributed by atoms with Crippen molar-refractivity contribution in [3.8, 4) is 12.1 Å². The molecule has 0 spiro atoms. The molecule has 86 valence electrons. The van der Waals surface area contributed by atoms with Gasteiger partial charge in [-0.3, -0.25) is 0 Å². The third kappa shape index (κ3) is 6.85. The second kappa shape index (κ2) is 9.99. The van der Waals surface area contributed by atoms with Crippen LogP contribution in [0, 0.1) is 22.7 Å². The maximum atomic E-state index is 8.88. The Kier molecular flexibility index (Phi) is 9.03. The van der Waals surface area contributed by atoms with Crippen molar-refractivity contribution in [3.05, 3.63) is 23.3 Å². The van der Waals surface area contributed by atoms with E-state index < -0.39 is 0 Å². The second-order valence-electron chi connectivity index (χ2n) is 3.81. The molecule has 2 nitrogen and oxygen atoms in total. The molecule has 0 aliphatic rings. The van der Waals surface area contributed by atoms with Gasteiger partial charge in [0.25, 0.3) is 0 Å². The Hall–Kier alpha value is -1.54. The van der Waals surface area contributed by atoms with Crippen molar-refractivity contribution in [2.75, 3.05) is 0 Å². The van der Waals surface area contributed by atoms with E-state index in [1.165, 1.54) is 0 Å². The summed E-state index contributed by atoms with van der Waals surface area (Å²) >= 11 is 0. The summed E-state index contributed by atoms with van der Waals surface area (Å²) in [4.78, 5) is 0. The van der Waals surface area contributed by atoms with Crippen LogP contribution in [0.5, 0.6) is 0 Å². The molecule has 16 heavy (non-hydrogen) atoms. The number of rotatable bonds is 7. The SMILES string of the molecule is CCCCC(C#N)=CC=C(C#N)CCCC. The summed E-state index contributed by atoms with van der Waals surface area (Å²) in [6, 6.07) is 4.36. The number of unbranched alkanes of at least 4 members (excludes halogenated alkanes) is 2. The fourth-order valence-electron chi connectivity index (χ4n) is 1.29. The molecule has 0 amide bonds. The zero-order chi connectivity index (χ0) is 12.2. The fraction of sp³-hybridized carbons (Fsp3) is 0.571. The zero-order valence-electron chi connectivity index (χ0n) is 10.3. The van der Waals surface area contributed by atoms with E-state index in [9.17, 15) is 0 Å². The lowest BCUT2D eigenvalue weighted by Crippen LogP contribution is -1.82. The summed E-state index contributed by atoms with van der Waals surface area (Å²) in [5.41, 5.74) is 1.54. The summed E-state index contributed by atoms with van der Waals surface area (Å²) in [5.74, 6) is 0. The molecule has 0 bridgehead atoms. The lowest BCUT2D eigenvalue weighted by atomic mass is 10.1. The molecule has 0 fully saturated rings. The molecule has 0 radical (unpaired) electrons. The fourth-order valence-corrected chi connectivity index (χ4v) is 1.29. The minimum absolute atomic E-state index is 0.770. The van der Waals surface area contributed by atoms with Crippen LogP contribution in [0.4, 0.5) is 0 Å². The first kappa shape index (κ1) is 14.5. The van der Waals surface area contributed by atoms with Gasteiger partial charge in [0.1, 0.15) is 0 Å². The van der Waals surface area contributed by atoms with E-state index in [1.54, 1.807) is 12.2 Å². The Morgan fingerprint density at radius 3 is 1.50 bits per heavy atom. The van der Waals surface area contributed by atoms with Crippen molar-refractivity contribution in [2.24, 2.45) is 0 Å². The van der Waals surface area contributed by atoms with E-state index in [0.29, 0.717) is 0 Å². The highest BCUT2D eigenvalue weighted by Gasteiger charge is 1.96. The monoisotopic (exact) mass is 216 g/mol. The lowest BCUT2D eigenvalue weighted by Gasteiger charge is -1.96. The van der Waals surface area contributed by atoms with Gasteiger partial charge in [0, 0.05) is 11.1 Å². The summed E-state index contributed by atoms with van der Waals surface area (Å²) in [6.45, 7) is 4.21. The van der Waals surface area contributed by atoms with E-state index in [0.717, 1.165) is 49.7 Å². The van der Waals surface area contributed by atoms with Crippen LogP contribution in [-0.2, 0) is 0 Å². The predicted octanol–water partition coefficient (Wildman–Crippen LogP) is 4.27. The van der Waals surface area contributed by atoms with Gasteiger partial charge < -0.3 is 0 Å². The van der Waals surface area contributed by atoms with Crippen LogP contribution in [0.25, 0.3) is 0 Å². The highest BCUT2D eigenvalue weighted by Crippen LogP contribution is 2.10. The quantitative estimate of drug-likeness (QED) is 0.471. The van der Waals surface area contributed by atoms with Crippen LogP contribution in [0.3, 0.4) is 0 Å². The van der Waals surface area contributed by atoms with E-state index in [-0.39, 0.29) is 0 Å². The van der Waals surface area contributed by atoms with Crippen LogP contribution < -0.4 is 0 Å². The van der Waals surface area contributed by atoms with Gasteiger partial charge in [0.2, 0.25) is 0 Å². The summed E-state index contributed by atoms with van der Waals surface area (Å²) in [6.07, 6.45) is 9.46. The molecule has 0 aliphatic carbocycles. The lowest BCUT2D eigenvalue weighted by molar-refractivity contribution is 0.796. The van der Waals surface area contributed by atoms with Gasteiger partial charge in [-0.1, -0.05) is 26.7 Å². The first-order valence-electron chi connectivity index (χ1n) is 5.98. The molecule has 0 heterocycles. The molecule has 2 heteroatoms. The summed E-state index contributed by atoms with van der Waals surface area (Å²) < 4.78 is 0. The van der Waals surface area contributed by atoms with E-state index in [2.05, 4.69) is 26.0 Å². The Labute approximate surface area is 98.9 Å². The van der Waals surface area contributed by atoms with Crippen molar-refractivity contribution >= 4 is 0 Å². The number of allylic oxidation sites excluding steroid dienone is 4. The van der Waals surface area contributed by atoms with Crippen LogP contribution in [0.2, 0.25) is 0 Å². The number of hydrogen-bond acceptors (Lipinski definition) is 2. The Bertz CT molecular complexity index is 290. The molecule has 0 saturated heterocycles. The number of nitriles is 2. The Morgan fingerprint density at radius 1 is 0.875 bits per heavy atom. The molecule has 0 aromatic carbocycles. The van der Waals surface area contributed by atoms with Crippen LogP contribution in [0.1, 0.15) is 52.4 Å². The minimum atomic E-state index is 0.770. The van der Waals surface area contributed by atoms with Gasteiger partial charge in [0.05, 0.1) is 12.1 Å². The van der Waals surface area contributed by atoms with Crippen molar-refractivity contribution in [2.45, 2.75) is 52.4 Å². The maximum absolute atomic E-state index is 8.88. The molecule has 0 saturated carbocycles. The molecule has 0 N–H and O–H groups in total. The standard InChI is InChI=1S/C14H20N2/c1-3-5-7-13(11-15)9-10-14(12-16)8-6-4-2/h9-10H,3-8H2,1-2H3. The van der Waals surface area contributed by atoms with Crippen molar-refractivity contribution in [1.29, 1.82) is 10.5 Å². The van der Waals surface area contributed by atoms with Crippen LogP contribution in [-0.4, -0.2) is 0 Å². The molecular formula is C14H20N2. The first-order valence-corrected chi connectivity index (χ1v) is 5.98. The maximum Gasteiger partial charge on any atom is 0.0947 e. The van der Waals surface area contributed by atoms with Gasteiger partial charge in [-0.05, 0) is 37.8 Å². The van der Waals surface area contributed by atoms with Crippen molar-refractivity contribution in [1.82, 2.24) is 0 Å². The van der Waals surface area contributed by atoms with Gasteiger partial charge in [-0.15, -0.1) is 0 Å². The molecular weight excluding hydrogens is 196 g/mol. The van der Waals surface area contributed by atoms with Crippen molar-refractivity contribution < 1.29 is 0 Å². The van der Waals surface area contributed by atoms with Gasteiger partial charge in [0.15, 0.2) is 0 Å². The van der Waals surface area contributed by atoms with Gasteiger partial charge in [-0.25, -0.2) is 0 Å². The largest absolute Gasteiger partial charge is 0.193 e. The van der Waals surface area contributed by atoms with Crippen LogP contribution >= 0.6 is 0 Å². The van der Waals surface area contributed by atoms with Gasteiger partial charge in [-0.2, -0.15) is 10.5 Å². The van der Waals surface area contributed by atoms with Crippen LogP contribution in [0.15, 0.2) is 23.3 Å². The third-order valence-electron chi connectivity index (χ3n) is 2.37. The predicted molar refractivity (Wildman–Crippen MR) is 66.4 cm³/mol. The Balaban J connectivity index is 4.41. The smallest absolute Gasteiger partial charge is 0.0947 e. The van der Waals surface area contributed by atoms with E-state index in [4.69, 9.17) is 10.5 Å². The molecule has 0 atom stereocenters. The van der Waals surface area contributed by atoms with Gasteiger partial charge >= 0.3 is 0 Å². The Morgan fingerprint density at radius 2 is 1.25 bits per heavy atom. The molecule has 0 aromatic rings. The van der Waals surface area contributed by atoms with E-state index >= 15 is 0 Å². The topological polar surface area (TPSA) is 47.6 Å². The highest BCUT2D eigenvalue weighted by atomic mass is 14.2. The minimum Gasteiger partial charge on any atom is -0.193 e. The number of hydrogen-bond donors (Lipinski definition) is 0. The number of nitrogens with zero attached hydrogens (tertiary/aromatic N) is 2. The van der Waals surface area contributed by atoms with Crippen molar-refractivity contribution in [3.63, 3.8) is 0 Å². The second-order valence-corrected chi connectivity index (χ2v) is 3.81. The highest BCUT2D eigenvalue weighted by molar-refractivity contribution is 5.32.